The molecule has 0 radical (unpaired) electrons. The molecule has 0 atom stereocenters. The first-order valence-corrected chi connectivity index (χ1v) is 9.87. The number of thioether (sulfide) groups is 1. The molecule has 0 heterocycles. The Morgan fingerprint density at radius 1 is 1.38 bits per heavy atom. The van der Waals surface area contributed by atoms with Crippen molar-refractivity contribution in [3.8, 4) is 0 Å². The summed E-state index contributed by atoms with van der Waals surface area (Å²) < 4.78 is 24.4. The molecule has 0 unspecified atom stereocenters. The maximum atomic E-state index is 11.0. The van der Waals surface area contributed by atoms with Crippen molar-refractivity contribution in [1.82, 2.24) is 4.72 Å². The largest absolute Gasteiger partial charge is 0.389 e. The van der Waals surface area contributed by atoms with E-state index in [1.54, 1.807) is 11.8 Å². The fourth-order valence-corrected chi connectivity index (χ4v) is 3.43. The highest BCUT2D eigenvalue weighted by atomic mass is 32.2. The molecule has 1 aromatic rings. The molecule has 0 bridgehead atoms. The Balaban J connectivity index is 2.66. The van der Waals surface area contributed by atoms with Crippen LogP contribution in [0.1, 0.15) is 18.9 Å². The number of nitrogens with one attached hydrogen (secondary N) is 2. The van der Waals surface area contributed by atoms with E-state index in [-0.39, 0.29) is 0 Å². The number of hydrogen-bond donors (Lipinski definition) is 3. The zero-order valence-corrected chi connectivity index (χ0v) is 14.6. The zero-order chi connectivity index (χ0) is 15.9. The lowest BCUT2D eigenvalue weighted by atomic mass is 10.1. The summed E-state index contributed by atoms with van der Waals surface area (Å²) in [7, 11) is -3.13. The van der Waals surface area contributed by atoms with E-state index in [1.807, 2.05) is 18.2 Å². The molecule has 1 rings (SSSR count). The number of benzene rings is 1. The summed E-state index contributed by atoms with van der Waals surface area (Å²) in [6.07, 6.45) is 1.83. The minimum absolute atomic E-state index is 0.364. The van der Waals surface area contributed by atoms with E-state index in [0.29, 0.717) is 24.5 Å². The van der Waals surface area contributed by atoms with Gasteiger partial charge in [0.2, 0.25) is 10.0 Å². The number of rotatable bonds is 9. The van der Waals surface area contributed by atoms with Gasteiger partial charge in [0.15, 0.2) is 0 Å². The van der Waals surface area contributed by atoms with Crippen LogP contribution in [0.25, 0.3) is 0 Å². The van der Waals surface area contributed by atoms with Crippen molar-refractivity contribution >= 4 is 44.7 Å². The molecule has 1 aromatic carbocycles. The van der Waals surface area contributed by atoms with Gasteiger partial charge in [0.1, 0.15) is 4.99 Å². The molecule has 0 saturated carbocycles. The van der Waals surface area contributed by atoms with Gasteiger partial charge in [-0.2, -0.15) is 0 Å². The van der Waals surface area contributed by atoms with Crippen LogP contribution in [-0.4, -0.2) is 38.5 Å². The molecular formula is C13H21N3O2S3. The molecule has 0 spiro atoms. The van der Waals surface area contributed by atoms with Crippen LogP contribution in [0.15, 0.2) is 23.1 Å². The van der Waals surface area contributed by atoms with Gasteiger partial charge < -0.3 is 11.1 Å². The molecule has 0 fully saturated rings. The molecule has 0 saturated heterocycles. The number of thiocarbonyl (C=S) groups is 1. The van der Waals surface area contributed by atoms with E-state index >= 15 is 0 Å². The minimum atomic E-state index is -3.13. The summed E-state index contributed by atoms with van der Waals surface area (Å²) in [5.41, 5.74) is 7.57. The fourth-order valence-electron chi connectivity index (χ4n) is 1.78. The van der Waals surface area contributed by atoms with Crippen LogP contribution in [0, 0.1) is 0 Å². The second-order valence-electron chi connectivity index (χ2n) is 4.42. The van der Waals surface area contributed by atoms with Gasteiger partial charge in [-0.25, -0.2) is 13.1 Å². The quantitative estimate of drug-likeness (QED) is 0.359. The smallest absolute Gasteiger partial charge is 0.208 e. The monoisotopic (exact) mass is 347 g/mol. The van der Waals surface area contributed by atoms with Crippen molar-refractivity contribution in [3.05, 3.63) is 23.8 Å². The molecule has 5 nitrogen and oxygen atoms in total. The van der Waals surface area contributed by atoms with Gasteiger partial charge in [-0.05, 0) is 24.3 Å². The maximum absolute atomic E-state index is 11.0. The Labute approximate surface area is 136 Å². The van der Waals surface area contributed by atoms with Gasteiger partial charge in [-0.1, -0.05) is 25.2 Å². The normalized spacial score (nSPS) is 11.3. The van der Waals surface area contributed by atoms with Gasteiger partial charge in [-0.15, -0.1) is 11.8 Å². The molecule has 0 aliphatic heterocycles. The third kappa shape index (κ3) is 6.64. The number of sulfonamides is 1. The van der Waals surface area contributed by atoms with E-state index in [0.717, 1.165) is 28.2 Å². The standard InChI is InChI=1S/C13H21N3O2S3/c1-3-20-11-7-4-6-10(12(11)13(14)19)15-8-5-9-16-21(2,17)18/h4,6-7,15-16H,3,5,8-9H2,1-2H3,(H2,14,19). The van der Waals surface area contributed by atoms with Crippen LogP contribution in [0.3, 0.4) is 0 Å². The Hall–Kier alpha value is -0.830. The SMILES string of the molecule is CCSc1cccc(NCCCNS(C)(=O)=O)c1C(N)=S. The third-order valence-electron chi connectivity index (χ3n) is 2.61. The lowest BCUT2D eigenvalue weighted by Crippen LogP contribution is -2.24. The average molecular weight is 348 g/mol. The van der Waals surface area contributed by atoms with Crippen molar-refractivity contribution in [2.45, 2.75) is 18.2 Å². The molecule has 0 aromatic heterocycles. The fraction of sp³-hybridized carbons (Fsp3) is 0.462. The Morgan fingerprint density at radius 3 is 2.67 bits per heavy atom. The van der Waals surface area contributed by atoms with E-state index in [2.05, 4.69) is 17.0 Å². The summed E-state index contributed by atoms with van der Waals surface area (Å²) >= 11 is 6.83. The van der Waals surface area contributed by atoms with Crippen LogP contribution < -0.4 is 15.8 Å². The summed E-state index contributed by atoms with van der Waals surface area (Å²) in [6, 6.07) is 5.88. The third-order valence-corrected chi connectivity index (χ3v) is 4.48. The van der Waals surface area contributed by atoms with Crippen LogP contribution in [-0.2, 0) is 10.0 Å². The van der Waals surface area contributed by atoms with Crippen LogP contribution in [0.2, 0.25) is 0 Å². The first-order chi connectivity index (χ1) is 9.85. The Morgan fingerprint density at radius 2 is 2.10 bits per heavy atom. The molecule has 118 valence electrons. The predicted octanol–water partition coefficient (Wildman–Crippen LogP) is 1.78. The van der Waals surface area contributed by atoms with Crippen molar-refractivity contribution in [2.24, 2.45) is 5.73 Å². The Bertz CT molecular complexity index is 588. The predicted molar refractivity (Wildman–Crippen MR) is 94.7 cm³/mol. The number of nitrogens with two attached hydrogens (primary N) is 1. The lowest BCUT2D eigenvalue weighted by Gasteiger charge is -2.14. The second kappa shape index (κ2) is 8.57. The molecule has 0 amide bonds. The van der Waals surface area contributed by atoms with Crippen LogP contribution >= 0.6 is 24.0 Å². The summed E-state index contributed by atoms with van der Waals surface area (Å²) in [5, 5.41) is 3.26. The van der Waals surface area contributed by atoms with Crippen molar-refractivity contribution in [3.63, 3.8) is 0 Å². The van der Waals surface area contributed by atoms with Crippen molar-refractivity contribution < 1.29 is 8.42 Å². The Kier molecular flexibility index (Phi) is 7.44. The van der Waals surface area contributed by atoms with Gasteiger partial charge in [0.05, 0.1) is 6.26 Å². The first kappa shape index (κ1) is 18.2. The number of hydrogen-bond acceptors (Lipinski definition) is 5. The molecule has 21 heavy (non-hydrogen) atoms. The molecular weight excluding hydrogens is 326 g/mol. The highest BCUT2D eigenvalue weighted by molar-refractivity contribution is 7.99. The van der Waals surface area contributed by atoms with E-state index in [4.69, 9.17) is 18.0 Å². The zero-order valence-electron chi connectivity index (χ0n) is 12.2. The van der Waals surface area contributed by atoms with Crippen LogP contribution in [0.5, 0.6) is 0 Å². The topological polar surface area (TPSA) is 84.2 Å². The maximum Gasteiger partial charge on any atom is 0.208 e. The number of anilines is 1. The van der Waals surface area contributed by atoms with Crippen LogP contribution in [0.4, 0.5) is 5.69 Å². The molecule has 4 N–H and O–H groups in total. The highest BCUT2D eigenvalue weighted by Crippen LogP contribution is 2.28. The van der Waals surface area contributed by atoms with Crippen molar-refractivity contribution in [2.75, 3.05) is 30.4 Å². The van der Waals surface area contributed by atoms with E-state index < -0.39 is 10.0 Å². The second-order valence-corrected chi connectivity index (χ2v) is 8.00. The first-order valence-electron chi connectivity index (χ1n) is 6.59. The molecule has 8 heteroatoms. The van der Waals surface area contributed by atoms with Crippen molar-refractivity contribution in [1.29, 1.82) is 0 Å². The summed E-state index contributed by atoms with van der Waals surface area (Å²) in [4.78, 5) is 1.42. The average Bonchev–Trinajstić information content (AvgIpc) is 2.37. The van der Waals surface area contributed by atoms with Gasteiger partial charge in [0.25, 0.3) is 0 Å². The summed E-state index contributed by atoms with van der Waals surface area (Å²) in [5.74, 6) is 0.942. The van der Waals surface area contributed by atoms with Gasteiger partial charge in [0, 0.05) is 29.2 Å². The minimum Gasteiger partial charge on any atom is -0.389 e. The van der Waals surface area contributed by atoms with E-state index in [1.165, 1.54) is 0 Å². The molecule has 0 aliphatic carbocycles. The highest BCUT2D eigenvalue weighted by Gasteiger charge is 2.10. The van der Waals surface area contributed by atoms with E-state index in [9.17, 15) is 8.42 Å². The lowest BCUT2D eigenvalue weighted by molar-refractivity contribution is 0.586. The summed E-state index contributed by atoms with van der Waals surface area (Å²) in [6.45, 7) is 3.11. The van der Waals surface area contributed by atoms with Gasteiger partial charge >= 0.3 is 0 Å². The van der Waals surface area contributed by atoms with Gasteiger partial charge in [-0.3, -0.25) is 0 Å². The molecule has 0 aliphatic rings.